The number of anilines is 1. The molecule has 3 aliphatic rings. The third kappa shape index (κ3) is 2.73. The lowest BCUT2D eigenvalue weighted by atomic mass is 9.71. The minimum Gasteiger partial charge on any atom is -0.461 e. The molecule has 1 saturated heterocycles. The summed E-state index contributed by atoms with van der Waals surface area (Å²) in [6.07, 6.45) is 3.03. The Hall–Kier alpha value is -2.37. The third-order valence-electron chi connectivity index (χ3n) is 7.24. The Morgan fingerprint density at radius 3 is 2.48 bits per heavy atom. The second-order valence-electron chi connectivity index (χ2n) is 8.86. The van der Waals surface area contributed by atoms with Gasteiger partial charge in [-0.05, 0) is 42.2 Å². The number of ether oxygens (including phenoxy) is 1. The number of imide groups is 1. The van der Waals surface area contributed by atoms with E-state index < -0.39 is 12.0 Å². The van der Waals surface area contributed by atoms with Gasteiger partial charge in [-0.25, -0.2) is 9.69 Å². The van der Waals surface area contributed by atoms with Gasteiger partial charge in [0.2, 0.25) is 0 Å². The number of nitrogens with zero attached hydrogens (tertiary/aromatic N) is 2. The number of hydrogen-bond acceptors (Lipinski definition) is 4. The van der Waals surface area contributed by atoms with Crippen LogP contribution >= 0.6 is 0 Å². The van der Waals surface area contributed by atoms with Crippen molar-refractivity contribution in [3.63, 3.8) is 0 Å². The number of urea groups is 1. The molecule has 2 aliphatic carbocycles. The van der Waals surface area contributed by atoms with E-state index in [4.69, 9.17) is 4.74 Å². The Bertz CT molecular complexity index is 788. The molecule has 1 heterocycles. The van der Waals surface area contributed by atoms with Crippen molar-refractivity contribution in [1.82, 2.24) is 4.90 Å². The number of amides is 3. The van der Waals surface area contributed by atoms with E-state index in [1.54, 1.807) is 24.3 Å². The van der Waals surface area contributed by atoms with Crippen LogP contribution in [0.25, 0.3) is 0 Å². The maximum atomic E-state index is 12.6. The standard InChI is InChI=1S/C21H26N2O4/c1-20(2)15-9-10-21(20,3)11-16(15)27-18(25)13-22-12-17(24)23(19(22)26)14-7-5-4-6-8-14/h4-8,15-16H,9-13H2,1-3H3. The van der Waals surface area contributed by atoms with Crippen molar-refractivity contribution in [3.05, 3.63) is 30.3 Å². The van der Waals surface area contributed by atoms with Gasteiger partial charge in [0.25, 0.3) is 5.91 Å². The van der Waals surface area contributed by atoms with E-state index in [0.717, 1.165) is 17.7 Å². The van der Waals surface area contributed by atoms with Crippen molar-refractivity contribution in [2.75, 3.05) is 18.0 Å². The normalized spacial score (nSPS) is 31.7. The van der Waals surface area contributed by atoms with Crippen LogP contribution in [0, 0.1) is 16.7 Å². The number of carbonyl (C=O) groups is 3. The molecule has 3 fully saturated rings. The fourth-order valence-electron chi connectivity index (χ4n) is 5.20. The van der Waals surface area contributed by atoms with E-state index in [2.05, 4.69) is 20.8 Å². The van der Waals surface area contributed by atoms with Gasteiger partial charge in [-0.1, -0.05) is 39.0 Å². The van der Waals surface area contributed by atoms with Crippen molar-refractivity contribution in [2.45, 2.75) is 46.1 Å². The van der Waals surface area contributed by atoms with Gasteiger partial charge in [-0.15, -0.1) is 0 Å². The molecule has 3 unspecified atom stereocenters. The number of benzene rings is 1. The molecule has 6 heteroatoms. The average molecular weight is 370 g/mol. The molecule has 1 aromatic carbocycles. The first-order valence-corrected chi connectivity index (χ1v) is 9.59. The van der Waals surface area contributed by atoms with Crippen LogP contribution in [0.2, 0.25) is 0 Å². The fraction of sp³-hybridized carbons (Fsp3) is 0.571. The predicted octanol–water partition coefficient (Wildman–Crippen LogP) is 3.21. The SMILES string of the molecule is CC12CCC(C(OC(=O)CN3CC(=O)N(c4ccccc4)C3=O)C1)C2(C)C. The number of fused-ring (bicyclic) bond motifs is 2. The van der Waals surface area contributed by atoms with Crippen molar-refractivity contribution in [3.8, 4) is 0 Å². The molecule has 2 saturated carbocycles. The Morgan fingerprint density at radius 2 is 1.89 bits per heavy atom. The second kappa shape index (κ2) is 6.08. The second-order valence-corrected chi connectivity index (χ2v) is 8.86. The molecule has 1 aliphatic heterocycles. The van der Waals surface area contributed by atoms with Crippen molar-refractivity contribution in [1.29, 1.82) is 0 Å². The molecule has 144 valence electrons. The van der Waals surface area contributed by atoms with Gasteiger partial charge in [-0.3, -0.25) is 9.59 Å². The zero-order chi connectivity index (χ0) is 19.4. The molecule has 0 aromatic heterocycles. The zero-order valence-corrected chi connectivity index (χ0v) is 16.1. The Kier molecular flexibility index (Phi) is 4.05. The molecule has 4 rings (SSSR count). The number of carbonyl (C=O) groups excluding carboxylic acids is 3. The van der Waals surface area contributed by atoms with Gasteiger partial charge in [-0.2, -0.15) is 0 Å². The number of para-hydroxylation sites is 1. The fourth-order valence-corrected chi connectivity index (χ4v) is 5.20. The van der Waals surface area contributed by atoms with Crippen molar-refractivity contribution >= 4 is 23.6 Å². The molecular weight excluding hydrogens is 344 g/mol. The summed E-state index contributed by atoms with van der Waals surface area (Å²) in [5, 5.41) is 0. The van der Waals surface area contributed by atoms with Gasteiger partial charge >= 0.3 is 12.0 Å². The van der Waals surface area contributed by atoms with Crippen LogP contribution < -0.4 is 4.90 Å². The highest BCUT2D eigenvalue weighted by atomic mass is 16.5. The lowest BCUT2D eigenvalue weighted by Crippen LogP contribution is -2.38. The number of rotatable bonds is 4. The van der Waals surface area contributed by atoms with Crippen LogP contribution in [0.5, 0.6) is 0 Å². The first-order valence-electron chi connectivity index (χ1n) is 9.59. The van der Waals surface area contributed by atoms with Gasteiger partial charge < -0.3 is 9.64 Å². The number of esters is 1. The van der Waals surface area contributed by atoms with Gasteiger partial charge in [0.15, 0.2) is 0 Å². The van der Waals surface area contributed by atoms with E-state index in [0.29, 0.717) is 11.6 Å². The molecule has 2 bridgehead atoms. The number of hydrogen-bond donors (Lipinski definition) is 0. The van der Waals surface area contributed by atoms with E-state index in [1.165, 1.54) is 11.3 Å². The summed E-state index contributed by atoms with van der Waals surface area (Å²) in [6, 6.07) is 8.30. The van der Waals surface area contributed by atoms with Gasteiger partial charge in [0, 0.05) is 5.92 Å². The van der Waals surface area contributed by atoms with Crippen LogP contribution in [0.15, 0.2) is 30.3 Å². The van der Waals surface area contributed by atoms with Crippen LogP contribution in [-0.2, 0) is 14.3 Å². The summed E-state index contributed by atoms with van der Waals surface area (Å²) in [5.74, 6) is -0.390. The summed E-state index contributed by atoms with van der Waals surface area (Å²) < 4.78 is 5.77. The van der Waals surface area contributed by atoms with Crippen molar-refractivity contribution in [2.24, 2.45) is 16.7 Å². The third-order valence-corrected chi connectivity index (χ3v) is 7.24. The molecule has 0 radical (unpaired) electrons. The highest BCUT2D eigenvalue weighted by Gasteiger charge is 2.61. The highest BCUT2D eigenvalue weighted by Crippen LogP contribution is 2.66. The quantitative estimate of drug-likeness (QED) is 0.603. The molecule has 1 aromatic rings. The smallest absolute Gasteiger partial charge is 0.332 e. The molecule has 6 nitrogen and oxygen atoms in total. The Morgan fingerprint density at radius 1 is 1.19 bits per heavy atom. The van der Waals surface area contributed by atoms with E-state index in [9.17, 15) is 14.4 Å². The first kappa shape index (κ1) is 18.0. The van der Waals surface area contributed by atoms with Gasteiger partial charge in [0.05, 0.1) is 5.69 Å². The molecule has 3 amide bonds. The monoisotopic (exact) mass is 370 g/mol. The zero-order valence-electron chi connectivity index (χ0n) is 16.1. The maximum absolute atomic E-state index is 12.6. The summed E-state index contributed by atoms with van der Waals surface area (Å²) in [4.78, 5) is 39.7. The van der Waals surface area contributed by atoms with E-state index >= 15 is 0 Å². The average Bonchev–Trinajstić information content (AvgIpc) is 3.08. The minimum atomic E-state index is -0.469. The summed E-state index contributed by atoms with van der Waals surface area (Å²) in [5.41, 5.74) is 0.874. The maximum Gasteiger partial charge on any atom is 0.332 e. The molecule has 27 heavy (non-hydrogen) atoms. The van der Waals surface area contributed by atoms with E-state index in [1.807, 2.05) is 6.07 Å². The summed E-state index contributed by atoms with van der Waals surface area (Å²) >= 11 is 0. The largest absolute Gasteiger partial charge is 0.461 e. The lowest BCUT2D eigenvalue weighted by molar-refractivity contribution is -0.152. The summed E-state index contributed by atoms with van der Waals surface area (Å²) in [7, 11) is 0. The Balaban J connectivity index is 1.40. The molecular formula is C21H26N2O4. The van der Waals surface area contributed by atoms with Crippen LogP contribution in [0.1, 0.15) is 40.0 Å². The van der Waals surface area contributed by atoms with Crippen LogP contribution in [-0.4, -0.2) is 42.0 Å². The molecule has 0 spiro atoms. The van der Waals surface area contributed by atoms with Crippen molar-refractivity contribution < 1.29 is 19.1 Å². The topological polar surface area (TPSA) is 66.9 Å². The molecule has 0 N–H and O–H groups in total. The highest BCUT2D eigenvalue weighted by molar-refractivity contribution is 6.20. The lowest BCUT2D eigenvalue weighted by Gasteiger charge is -2.33. The van der Waals surface area contributed by atoms with E-state index in [-0.39, 0.29) is 35.9 Å². The van der Waals surface area contributed by atoms with Crippen LogP contribution in [0.3, 0.4) is 0 Å². The van der Waals surface area contributed by atoms with Gasteiger partial charge in [0.1, 0.15) is 19.2 Å². The predicted molar refractivity (Wildman–Crippen MR) is 100 cm³/mol. The first-order chi connectivity index (χ1) is 12.7. The van der Waals surface area contributed by atoms with Crippen LogP contribution in [0.4, 0.5) is 10.5 Å². The Labute approximate surface area is 159 Å². The molecule has 3 atom stereocenters. The minimum absolute atomic E-state index is 0.0927. The summed E-state index contributed by atoms with van der Waals surface area (Å²) in [6.45, 7) is 6.52.